The molecule has 2 fully saturated rings. The molecule has 1 aliphatic heterocycles. The zero-order valence-corrected chi connectivity index (χ0v) is 11.0. The molecule has 1 atom stereocenters. The molecule has 6 heteroatoms. The molecule has 1 saturated heterocycles. The lowest BCUT2D eigenvalue weighted by molar-refractivity contribution is -0.121. The molecule has 1 saturated carbocycles. The molecular formula is C11H20N2O3S. The highest BCUT2D eigenvalue weighted by molar-refractivity contribution is 7.91. The molecule has 0 aromatic rings. The van der Waals surface area contributed by atoms with Crippen LogP contribution in [0.4, 0.5) is 0 Å². The fraction of sp³-hybridized carbons (Fsp3) is 0.909. The Morgan fingerprint density at radius 1 is 1.41 bits per heavy atom. The van der Waals surface area contributed by atoms with Crippen LogP contribution in [0.5, 0.6) is 0 Å². The summed E-state index contributed by atoms with van der Waals surface area (Å²) in [5.74, 6) is 0.878. The molecule has 98 valence electrons. The molecule has 0 aromatic heterocycles. The first-order valence-corrected chi connectivity index (χ1v) is 7.93. The molecule has 17 heavy (non-hydrogen) atoms. The van der Waals surface area contributed by atoms with Crippen molar-refractivity contribution in [1.29, 1.82) is 0 Å². The second-order valence-electron chi connectivity index (χ2n) is 5.53. The lowest BCUT2D eigenvalue weighted by Crippen LogP contribution is -2.49. The maximum Gasteiger partial charge on any atom is 0.234 e. The Kier molecular flexibility index (Phi) is 3.45. The van der Waals surface area contributed by atoms with Crippen molar-refractivity contribution in [2.75, 3.05) is 24.6 Å². The SMILES string of the molecule is CC1(NC(=O)CNCC2CC2)CCS(=O)(=O)C1. The minimum absolute atomic E-state index is 0.0639. The van der Waals surface area contributed by atoms with Crippen LogP contribution in [0.2, 0.25) is 0 Å². The van der Waals surface area contributed by atoms with Crippen molar-refractivity contribution in [2.24, 2.45) is 5.92 Å². The van der Waals surface area contributed by atoms with Crippen molar-refractivity contribution in [3.63, 3.8) is 0 Å². The first-order chi connectivity index (χ1) is 7.89. The minimum Gasteiger partial charge on any atom is -0.349 e. The topological polar surface area (TPSA) is 75.3 Å². The largest absolute Gasteiger partial charge is 0.349 e. The van der Waals surface area contributed by atoms with Gasteiger partial charge in [-0.25, -0.2) is 8.42 Å². The van der Waals surface area contributed by atoms with Gasteiger partial charge in [0.05, 0.1) is 23.6 Å². The molecule has 1 amide bonds. The van der Waals surface area contributed by atoms with E-state index in [0.29, 0.717) is 6.42 Å². The van der Waals surface area contributed by atoms with Gasteiger partial charge >= 0.3 is 0 Å². The Morgan fingerprint density at radius 3 is 2.65 bits per heavy atom. The van der Waals surface area contributed by atoms with E-state index in [0.717, 1.165) is 12.5 Å². The number of hydrogen-bond acceptors (Lipinski definition) is 4. The van der Waals surface area contributed by atoms with Crippen LogP contribution in [0, 0.1) is 5.92 Å². The first kappa shape index (κ1) is 12.8. The van der Waals surface area contributed by atoms with Crippen molar-refractivity contribution in [1.82, 2.24) is 10.6 Å². The number of carbonyl (C=O) groups is 1. The highest BCUT2D eigenvalue weighted by Gasteiger charge is 2.39. The summed E-state index contributed by atoms with van der Waals surface area (Å²) in [6, 6.07) is 0. The third kappa shape index (κ3) is 3.96. The van der Waals surface area contributed by atoms with E-state index < -0.39 is 15.4 Å². The molecule has 2 aliphatic rings. The van der Waals surface area contributed by atoms with Gasteiger partial charge in [0.15, 0.2) is 9.84 Å². The molecule has 0 bridgehead atoms. The third-order valence-electron chi connectivity index (χ3n) is 3.36. The van der Waals surface area contributed by atoms with Crippen LogP contribution < -0.4 is 10.6 Å². The van der Waals surface area contributed by atoms with Crippen molar-refractivity contribution in [3.05, 3.63) is 0 Å². The van der Waals surface area contributed by atoms with E-state index >= 15 is 0 Å². The molecular weight excluding hydrogens is 240 g/mol. The number of carbonyl (C=O) groups excluding carboxylic acids is 1. The van der Waals surface area contributed by atoms with E-state index in [1.165, 1.54) is 12.8 Å². The van der Waals surface area contributed by atoms with Crippen molar-refractivity contribution in [2.45, 2.75) is 31.7 Å². The van der Waals surface area contributed by atoms with Gasteiger partial charge < -0.3 is 10.6 Å². The summed E-state index contributed by atoms with van der Waals surface area (Å²) in [6.45, 7) is 2.98. The van der Waals surface area contributed by atoms with Crippen LogP contribution in [-0.2, 0) is 14.6 Å². The minimum atomic E-state index is -2.96. The van der Waals surface area contributed by atoms with Gasteiger partial charge in [-0.2, -0.15) is 0 Å². The maximum atomic E-state index is 11.6. The zero-order valence-electron chi connectivity index (χ0n) is 10.2. The average Bonchev–Trinajstić information content (AvgIpc) is 2.94. The number of rotatable bonds is 5. The van der Waals surface area contributed by atoms with Crippen LogP contribution in [0.1, 0.15) is 26.2 Å². The summed E-state index contributed by atoms with van der Waals surface area (Å²) < 4.78 is 22.7. The van der Waals surface area contributed by atoms with Gasteiger partial charge in [-0.1, -0.05) is 0 Å². The van der Waals surface area contributed by atoms with E-state index in [1.807, 2.05) is 0 Å². The molecule has 1 heterocycles. The van der Waals surface area contributed by atoms with E-state index in [2.05, 4.69) is 10.6 Å². The van der Waals surface area contributed by atoms with Gasteiger partial charge in [-0.3, -0.25) is 4.79 Å². The number of hydrogen-bond donors (Lipinski definition) is 2. The smallest absolute Gasteiger partial charge is 0.234 e. The number of nitrogens with one attached hydrogen (secondary N) is 2. The van der Waals surface area contributed by atoms with E-state index in [1.54, 1.807) is 6.92 Å². The normalized spacial score (nSPS) is 31.4. The lowest BCUT2D eigenvalue weighted by Gasteiger charge is -2.23. The average molecular weight is 260 g/mol. The van der Waals surface area contributed by atoms with E-state index in [4.69, 9.17) is 0 Å². The van der Waals surface area contributed by atoms with Crippen molar-refractivity contribution in [3.8, 4) is 0 Å². The Bertz CT molecular complexity index is 403. The Labute approximate surface area is 102 Å². The van der Waals surface area contributed by atoms with Gasteiger partial charge in [0.25, 0.3) is 0 Å². The molecule has 2 N–H and O–H groups in total. The van der Waals surface area contributed by atoms with Crippen molar-refractivity contribution < 1.29 is 13.2 Å². The Morgan fingerprint density at radius 2 is 2.12 bits per heavy atom. The summed E-state index contributed by atoms with van der Waals surface area (Å²) in [6.07, 6.45) is 3.03. The maximum absolute atomic E-state index is 11.6. The Hall–Kier alpha value is -0.620. The van der Waals surface area contributed by atoms with Crippen LogP contribution in [0.25, 0.3) is 0 Å². The van der Waals surface area contributed by atoms with Gasteiger partial charge in [0.2, 0.25) is 5.91 Å². The fourth-order valence-corrected chi connectivity index (χ4v) is 4.29. The van der Waals surface area contributed by atoms with Crippen LogP contribution >= 0.6 is 0 Å². The zero-order chi connectivity index (χ0) is 12.5. The van der Waals surface area contributed by atoms with Gasteiger partial charge in [0.1, 0.15) is 0 Å². The standard InChI is InChI=1S/C11H20N2O3S/c1-11(4-5-17(15,16)8-11)13-10(14)7-12-6-9-2-3-9/h9,12H,2-8H2,1H3,(H,13,14). The highest BCUT2D eigenvalue weighted by atomic mass is 32.2. The molecule has 1 unspecified atom stereocenters. The molecule has 2 rings (SSSR count). The third-order valence-corrected chi connectivity index (χ3v) is 5.26. The van der Waals surface area contributed by atoms with Gasteiger partial charge in [-0.05, 0) is 38.6 Å². The molecule has 0 spiro atoms. The number of amides is 1. The van der Waals surface area contributed by atoms with E-state index in [-0.39, 0.29) is 24.0 Å². The first-order valence-electron chi connectivity index (χ1n) is 6.11. The second-order valence-corrected chi connectivity index (χ2v) is 7.71. The van der Waals surface area contributed by atoms with Crippen LogP contribution in [-0.4, -0.2) is 44.5 Å². The molecule has 5 nitrogen and oxygen atoms in total. The predicted octanol–water partition coefficient (Wildman–Crippen LogP) is -0.321. The summed E-state index contributed by atoms with van der Waals surface area (Å²) in [4.78, 5) is 11.6. The number of sulfone groups is 1. The summed E-state index contributed by atoms with van der Waals surface area (Å²) in [7, 11) is -2.96. The molecule has 0 aromatic carbocycles. The predicted molar refractivity (Wildman–Crippen MR) is 65.4 cm³/mol. The second kappa shape index (κ2) is 4.57. The molecule has 0 radical (unpaired) electrons. The van der Waals surface area contributed by atoms with Crippen molar-refractivity contribution >= 4 is 15.7 Å². The molecule has 1 aliphatic carbocycles. The highest BCUT2D eigenvalue weighted by Crippen LogP contribution is 2.27. The van der Waals surface area contributed by atoms with Gasteiger partial charge in [-0.15, -0.1) is 0 Å². The quantitative estimate of drug-likeness (QED) is 0.710. The monoisotopic (exact) mass is 260 g/mol. The van der Waals surface area contributed by atoms with Gasteiger partial charge in [0, 0.05) is 0 Å². The summed E-state index contributed by atoms with van der Waals surface area (Å²) in [5, 5.41) is 5.92. The van der Waals surface area contributed by atoms with E-state index in [9.17, 15) is 13.2 Å². The van der Waals surface area contributed by atoms with Crippen LogP contribution in [0.3, 0.4) is 0 Å². The Balaban J connectivity index is 1.73. The fourth-order valence-electron chi connectivity index (χ4n) is 2.20. The summed E-state index contributed by atoms with van der Waals surface area (Å²) in [5.41, 5.74) is -0.572. The van der Waals surface area contributed by atoms with Crippen LogP contribution in [0.15, 0.2) is 0 Å². The lowest BCUT2D eigenvalue weighted by atomic mass is 10.0. The summed E-state index contributed by atoms with van der Waals surface area (Å²) >= 11 is 0.